The lowest BCUT2D eigenvalue weighted by Gasteiger charge is -2.53. The maximum atomic E-state index is 13.8. The normalized spacial score (nSPS) is 32.7. The second kappa shape index (κ2) is 15.4. The number of aliphatic hydroxyl groups is 5. The first-order valence-electron chi connectivity index (χ1n) is 16.7. The van der Waals surface area contributed by atoms with E-state index in [1.165, 1.54) is 40.8 Å². The van der Waals surface area contributed by atoms with Gasteiger partial charge in [0.15, 0.2) is 5.78 Å². The van der Waals surface area contributed by atoms with Crippen LogP contribution >= 0.6 is 21.6 Å². The molecule has 4 bridgehead atoms. The summed E-state index contributed by atoms with van der Waals surface area (Å²) in [4.78, 5) is 25.9. The molecule has 0 saturated carbocycles. The molecular formula is C37H43NO11S2. The summed E-state index contributed by atoms with van der Waals surface area (Å²) in [5, 5.41) is 68.7. The smallest absolute Gasteiger partial charge is 0.229 e. The Labute approximate surface area is 303 Å². The molecule has 14 heteroatoms. The molecule has 3 aromatic rings. The molecule has 1 aliphatic carbocycles. The summed E-state index contributed by atoms with van der Waals surface area (Å²) in [6, 6.07) is 11.9. The lowest BCUT2D eigenvalue weighted by Crippen LogP contribution is -2.69. The highest BCUT2D eigenvalue weighted by Gasteiger charge is 2.59. The molecule has 3 aromatic carbocycles. The number of methoxy groups -OCH3 is 1. The van der Waals surface area contributed by atoms with E-state index in [1.54, 1.807) is 19.1 Å². The van der Waals surface area contributed by atoms with Gasteiger partial charge in [-0.2, -0.15) is 0 Å². The number of phenolic OH excluding ortho intramolecular Hbond substituents is 1. The summed E-state index contributed by atoms with van der Waals surface area (Å²) in [5.41, 5.74) is 6.28. The van der Waals surface area contributed by atoms with Crippen molar-refractivity contribution < 1.29 is 54.4 Å². The van der Waals surface area contributed by atoms with Gasteiger partial charge in [-0.3, -0.25) is 4.79 Å². The zero-order chi connectivity index (χ0) is 36.6. The number of hydrogen-bond donors (Lipinski definition) is 7. The molecule has 1 fully saturated rings. The van der Waals surface area contributed by atoms with E-state index in [-0.39, 0.29) is 41.1 Å². The van der Waals surface area contributed by atoms with Crippen molar-refractivity contribution in [3.05, 3.63) is 76.9 Å². The number of ether oxygens (including phenoxy) is 3. The maximum Gasteiger partial charge on any atom is 0.229 e. The number of rotatable bonds is 6. The lowest BCUT2D eigenvalue weighted by atomic mass is 9.63. The predicted octanol–water partition coefficient (Wildman–Crippen LogP) is 2.57. The summed E-state index contributed by atoms with van der Waals surface area (Å²) in [5.74, 6) is -1.85. The molecular weight excluding hydrogens is 699 g/mol. The van der Waals surface area contributed by atoms with Crippen LogP contribution in [-0.4, -0.2) is 103 Å². The van der Waals surface area contributed by atoms with Crippen LogP contribution in [0.5, 0.6) is 17.2 Å². The number of aldehydes is 1. The Bertz CT molecular complexity index is 1790. The van der Waals surface area contributed by atoms with Crippen LogP contribution in [0.25, 0.3) is 10.8 Å². The second-order valence-corrected chi connectivity index (χ2v) is 16.0. The molecule has 51 heavy (non-hydrogen) atoms. The summed E-state index contributed by atoms with van der Waals surface area (Å²) in [6.45, 7) is 1.19. The van der Waals surface area contributed by atoms with Crippen molar-refractivity contribution >= 4 is 44.4 Å². The molecule has 3 aliphatic rings. The van der Waals surface area contributed by atoms with Gasteiger partial charge in [0.1, 0.15) is 53.6 Å². The first-order valence-corrected chi connectivity index (χ1v) is 19.1. The minimum absolute atomic E-state index is 0.0242. The summed E-state index contributed by atoms with van der Waals surface area (Å²) < 4.78 is 18.0. The third-order valence-electron chi connectivity index (χ3n) is 10.3. The van der Waals surface area contributed by atoms with Gasteiger partial charge in [-0.1, -0.05) is 64.1 Å². The third-order valence-corrected chi connectivity index (χ3v) is 13.1. The van der Waals surface area contributed by atoms with Crippen LogP contribution in [0.3, 0.4) is 0 Å². The highest BCUT2D eigenvalue weighted by Crippen LogP contribution is 2.50. The Balaban J connectivity index is 1.55. The van der Waals surface area contributed by atoms with Gasteiger partial charge in [0.05, 0.1) is 24.7 Å². The molecule has 10 atom stereocenters. The van der Waals surface area contributed by atoms with E-state index in [9.17, 15) is 40.2 Å². The largest absolute Gasteiger partial charge is 0.506 e. The average molecular weight is 742 g/mol. The number of Topliss-reactive ketones (excluding diaryl/α,β-unsaturated/α-hetero) is 1. The quantitative estimate of drug-likeness (QED) is 0.110. The number of ketones is 1. The van der Waals surface area contributed by atoms with Gasteiger partial charge in [0.2, 0.25) is 6.29 Å². The molecule has 2 heterocycles. The Kier molecular flexibility index (Phi) is 11.4. The van der Waals surface area contributed by atoms with Gasteiger partial charge in [-0.05, 0) is 41.8 Å². The minimum atomic E-state index is -2.06. The minimum Gasteiger partial charge on any atom is -0.506 e. The number of fused-ring (bicyclic) bond motifs is 5. The Hall–Kier alpha value is -3.18. The Morgan fingerprint density at radius 1 is 1.12 bits per heavy atom. The van der Waals surface area contributed by atoms with Gasteiger partial charge in [0.25, 0.3) is 0 Å². The van der Waals surface area contributed by atoms with E-state index in [0.29, 0.717) is 28.7 Å². The van der Waals surface area contributed by atoms with Crippen molar-refractivity contribution in [2.24, 2.45) is 17.6 Å². The number of hydrogen-bond acceptors (Lipinski definition) is 14. The molecule has 0 spiro atoms. The molecule has 6 rings (SSSR count). The molecule has 10 unspecified atom stereocenters. The monoisotopic (exact) mass is 741 g/mol. The number of phenols is 1. The lowest BCUT2D eigenvalue weighted by molar-refractivity contribution is -0.306. The fourth-order valence-corrected chi connectivity index (χ4v) is 10.7. The van der Waals surface area contributed by atoms with E-state index >= 15 is 0 Å². The summed E-state index contributed by atoms with van der Waals surface area (Å²) in [6.07, 6.45) is -4.74. The Morgan fingerprint density at radius 2 is 1.86 bits per heavy atom. The van der Waals surface area contributed by atoms with E-state index in [4.69, 9.17) is 19.9 Å². The highest BCUT2D eigenvalue weighted by molar-refractivity contribution is 8.76. The molecule has 0 radical (unpaired) electrons. The van der Waals surface area contributed by atoms with Crippen molar-refractivity contribution in [2.45, 2.75) is 80.4 Å². The van der Waals surface area contributed by atoms with Crippen LogP contribution in [0.15, 0.2) is 54.6 Å². The predicted molar refractivity (Wildman–Crippen MR) is 193 cm³/mol. The second-order valence-electron chi connectivity index (χ2n) is 13.3. The number of aliphatic hydroxyl groups excluding tert-OH is 4. The van der Waals surface area contributed by atoms with Crippen molar-refractivity contribution in [3.8, 4) is 17.2 Å². The fraction of sp³-hybridized carbons (Fsp3) is 0.459. The Morgan fingerprint density at radius 3 is 2.55 bits per heavy atom. The zero-order valence-corrected chi connectivity index (χ0v) is 29.8. The molecule has 0 amide bonds. The fourth-order valence-electron chi connectivity index (χ4n) is 7.78. The van der Waals surface area contributed by atoms with Crippen LogP contribution in [0.1, 0.15) is 39.9 Å². The molecule has 0 aromatic heterocycles. The van der Waals surface area contributed by atoms with Crippen molar-refractivity contribution in [2.75, 3.05) is 12.9 Å². The molecule has 12 nitrogen and oxygen atoms in total. The maximum absolute atomic E-state index is 13.8. The van der Waals surface area contributed by atoms with Crippen LogP contribution < -0.4 is 15.2 Å². The number of aryl methyl sites for hydroxylation is 1. The first kappa shape index (κ1) is 37.6. The standard InChI is InChI=1S/C37H43NO11S2/c1-18-14-21-22(17-40)25(47-2)16-26-29(21)31(42)28(18)24(41)10-13-50-51-27(15-19-6-4-3-5-7-19)30-20(9-12-39)23(38)8-11-37(30,46)35-33(44)32(43)34(45)36(48-26)49-35/h3-8,11-12,14,16,20,23,27,30,32-36,40,42-46H,9-10,13,15,17,38H2,1-2H3. The topological polar surface area (TPSA) is 209 Å². The van der Waals surface area contributed by atoms with E-state index in [1.807, 2.05) is 30.3 Å². The van der Waals surface area contributed by atoms with Crippen molar-refractivity contribution in [1.82, 2.24) is 0 Å². The third kappa shape index (κ3) is 6.89. The average Bonchev–Trinajstić information content (AvgIpc) is 3.11. The van der Waals surface area contributed by atoms with Crippen LogP contribution in [0, 0.1) is 18.8 Å². The SMILES string of the molecule is COc1cc2c3c(O)c(c(C)cc3c1CO)C(=O)CCSSC(Cc1ccccc1)C1C(CC=O)C(N)C=CC1(O)C1OC(O2)C(O)C(O)C1O. The molecule has 2 aliphatic heterocycles. The summed E-state index contributed by atoms with van der Waals surface area (Å²) >= 11 is 0. The van der Waals surface area contributed by atoms with Gasteiger partial charge in [0, 0.05) is 47.4 Å². The zero-order valence-electron chi connectivity index (χ0n) is 28.1. The molecule has 8 N–H and O–H groups in total. The highest BCUT2D eigenvalue weighted by atomic mass is 33.1. The number of carbonyl (C=O) groups is 2. The van der Waals surface area contributed by atoms with Crippen LogP contribution in [0.2, 0.25) is 0 Å². The van der Waals surface area contributed by atoms with Gasteiger partial charge in [-0.15, -0.1) is 0 Å². The van der Waals surface area contributed by atoms with Crippen LogP contribution in [-0.2, 0) is 22.6 Å². The van der Waals surface area contributed by atoms with Crippen LogP contribution in [0.4, 0.5) is 0 Å². The summed E-state index contributed by atoms with van der Waals surface area (Å²) in [7, 11) is 4.17. The number of nitrogens with two attached hydrogens (primary N) is 1. The van der Waals surface area contributed by atoms with Gasteiger partial charge >= 0.3 is 0 Å². The van der Waals surface area contributed by atoms with Crippen molar-refractivity contribution in [3.63, 3.8) is 0 Å². The molecule has 1 saturated heterocycles. The van der Waals surface area contributed by atoms with Gasteiger partial charge < -0.3 is 55.4 Å². The first-order chi connectivity index (χ1) is 24.4. The molecule has 274 valence electrons. The van der Waals surface area contributed by atoms with Crippen molar-refractivity contribution in [1.29, 1.82) is 0 Å². The van der Waals surface area contributed by atoms with E-state index < -0.39 is 71.8 Å². The van der Waals surface area contributed by atoms with E-state index in [2.05, 4.69) is 0 Å². The number of benzene rings is 3. The van der Waals surface area contributed by atoms with Gasteiger partial charge in [-0.25, -0.2) is 0 Å². The van der Waals surface area contributed by atoms with E-state index in [0.717, 1.165) is 11.8 Å². The number of aromatic hydroxyl groups is 1. The number of carbonyl (C=O) groups excluding carboxylic acids is 2.